The first kappa shape index (κ1) is 12.3. The summed E-state index contributed by atoms with van der Waals surface area (Å²) < 4.78 is 0. The molecule has 0 atom stereocenters. The lowest BCUT2D eigenvalue weighted by Crippen LogP contribution is -2.16. The Balaban J connectivity index is 2.10. The molecule has 7 heteroatoms. The SMILES string of the molecule is Cc1cnc(CNc2nccnc2C(N)=S)cn1. The molecule has 2 heterocycles. The second-order valence-electron chi connectivity index (χ2n) is 3.62. The molecule has 0 radical (unpaired) electrons. The van der Waals surface area contributed by atoms with Gasteiger partial charge in [-0.1, -0.05) is 12.2 Å². The number of aromatic nitrogens is 4. The summed E-state index contributed by atoms with van der Waals surface area (Å²) in [6.45, 7) is 2.37. The molecular formula is C11H12N6S. The molecule has 2 aromatic heterocycles. The lowest BCUT2D eigenvalue weighted by molar-refractivity contribution is 0.971. The smallest absolute Gasteiger partial charge is 0.155 e. The molecule has 2 aromatic rings. The van der Waals surface area contributed by atoms with E-state index in [0.29, 0.717) is 18.1 Å². The second kappa shape index (κ2) is 5.46. The molecule has 0 unspecified atom stereocenters. The van der Waals surface area contributed by atoms with E-state index in [4.69, 9.17) is 18.0 Å². The number of anilines is 1. The van der Waals surface area contributed by atoms with E-state index < -0.39 is 0 Å². The molecule has 18 heavy (non-hydrogen) atoms. The van der Waals surface area contributed by atoms with Crippen molar-refractivity contribution in [3.05, 3.63) is 41.9 Å². The maximum Gasteiger partial charge on any atom is 0.155 e. The number of thiocarbonyl (C=S) groups is 1. The number of rotatable bonds is 4. The van der Waals surface area contributed by atoms with Crippen LogP contribution in [0.5, 0.6) is 0 Å². The largest absolute Gasteiger partial charge is 0.388 e. The summed E-state index contributed by atoms with van der Waals surface area (Å²) in [5, 5.41) is 3.09. The van der Waals surface area contributed by atoms with E-state index in [2.05, 4.69) is 25.3 Å². The van der Waals surface area contributed by atoms with Gasteiger partial charge in [0, 0.05) is 18.6 Å². The molecule has 2 rings (SSSR count). The maximum absolute atomic E-state index is 5.56. The summed E-state index contributed by atoms with van der Waals surface area (Å²) in [7, 11) is 0. The van der Waals surface area contributed by atoms with Crippen molar-refractivity contribution >= 4 is 23.0 Å². The van der Waals surface area contributed by atoms with Gasteiger partial charge in [-0.25, -0.2) is 9.97 Å². The first-order valence-corrected chi connectivity index (χ1v) is 5.70. The first-order valence-electron chi connectivity index (χ1n) is 5.29. The van der Waals surface area contributed by atoms with Gasteiger partial charge in [0.25, 0.3) is 0 Å². The van der Waals surface area contributed by atoms with Crippen LogP contribution in [-0.4, -0.2) is 24.9 Å². The minimum absolute atomic E-state index is 0.209. The summed E-state index contributed by atoms with van der Waals surface area (Å²) in [5.74, 6) is 0.548. The van der Waals surface area contributed by atoms with E-state index in [1.165, 1.54) is 0 Å². The Morgan fingerprint density at radius 3 is 2.67 bits per heavy atom. The highest BCUT2D eigenvalue weighted by atomic mass is 32.1. The molecule has 6 nitrogen and oxygen atoms in total. The third-order valence-electron chi connectivity index (χ3n) is 2.20. The Morgan fingerprint density at radius 2 is 2.00 bits per heavy atom. The van der Waals surface area contributed by atoms with Crippen molar-refractivity contribution in [2.75, 3.05) is 5.32 Å². The summed E-state index contributed by atoms with van der Waals surface area (Å²) in [6.07, 6.45) is 6.54. The fourth-order valence-electron chi connectivity index (χ4n) is 1.33. The van der Waals surface area contributed by atoms with Gasteiger partial charge in [0.05, 0.1) is 24.1 Å². The molecule has 0 amide bonds. The second-order valence-corrected chi connectivity index (χ2v) is 4.06. The van der Waals surface area contributed by atoms with Crippen LogP contribution in [0.15, 0.2) is 24.8 Å². The molecule has 0 aliphatic rings. The molecule has 0 bridgehead atoms. The van der Waals surface area contributed by atoms with Crippen LogP contribution in [0.2, 0.25) is 0 Å². The predicted octanol–water partition coefficient (Wildman–Crippen LogP) is 0.821. The van der Waals surface area contributed by atoms with Crippen LogP contribution < -0.4 is 11.1 Å². The average molecular weight is 260 g/mol. The van der Waals surface area contributed by atoms with Gasteiger partial charge in [-0.05, 0) is 6.92 Å². The van der Waals surface area contributed by atoms with Crippen LogP contribution in [0.4, 0.5) is 5.82 Å². The van der Waals surface area contributed by atoms with Gasteiger partial charge in [0.1, 0.15) is 10.7 Å². The molecule has 3 N–H and O–H groups in total. The van der Waals surface area contributed by atoms with Crippen molar-refractivity contribution in [2.45, 2.75) is 13.5 Å². The molecule has 0 saturated heterocycles. The van der Waals surface area contributed by atoms with E-state index in [0.717, 1.165) is 11.4 Å². The standard InChI is InChI=1S/C11H12N6S/c1-7-4-16-8(5-15-7)6-17-11-9(10(12)18)13-2-3-14-11/h2-5H,6H2,1H3,(H2,12,18)(H,14,17). The lowest BCUT2D eigenvalue weighted by Gasteiger charge is -2.08. The molecule has 0 aliphatic carbocycles. The fourth-order valence-corrected chi connectivity index (χ4v) is 1.48. The van der Waals surface area contributed by atoms with Gasteiger partial charge >= 0.3 is 0 Å². The minimum Gasteiger partial charge on any atom is -0.388 e. The van der Waals surface area contributed by atoms with E-state index in [1.807, 2.05) is 6.92 Å². The monoisotopic (exact) mass is 260 g/mol. The maximum atomic E-state index is 5.56. The Hall–Kier alpha value is -2.15. The molecule has 92 valence electrons. The molecule has 0 fully saturated rings. The van der Waals surface area contributed by atoms with E-state index in [-0.39, 0.29) is 4.99 Å². The zero-order valence-corrected chi connectivity index (χ0v) is 10.6. The fraction of sp³-hybridized carbons (Fsp3) is 0.182. The van der Waals surface area contributed by atoms with Crippen LogP contribution >= 0.6 is 12.2 Å². The third-order valence-corrected chi connectivity index (χ3v) is 2.40. The highest BCUT2D eigenvalue weighted by Gasteiger charge is 2.07. The summed E-state index contributed by atoms with van der Waals surface area (Å²) >= 11 is 4.90. The Labute approximate surface area is 110 Å². The van der Waals surface area contributed by atoms with Crippen molar-refractivity contribution in [2.24, 2.45) is 5.73 Å². The normalized spacial score (nSPS) is 10.1. The molecule has 0 spiro atoms. The van der Waals surface area contributed by atoms with Crippen LogP contribution in [0, 0.1) is 6.92 Å². The van der Waals surface area contributed by atoms with E-state index in [1.54, 1.807) is 24.8 Å². The number of nitrogens with zero attached hydrogens (tertiary/aromatic N) is 4. The number of nitrogens with one attached hydrogen (secondary N) is 1. The Kier molecular flexibility index (Phi) is 3.73. The molecule has 0 saturated carbocycles. The topological polar surface area (TPSA) is 89.6 Å². The van der Waals surface area contributed by atoms with Gasteiger partial charge in [0.2, 0.25) is 0 Å². The van der Waals surface area contributed by atoms with Gasteiger partial charge < -0.3 is 11.1 Å². The highest BCUT2D eigenvalue weighted by Crippen LogP contribution is 2.09. The predicted molar refractivity (Wildman–Crippen MR) is 72.0 cm³/mol. The first-order chi connectivity index (χ1) is 8.66. The number of hydrogen-bond donors (Lipinski definition) is 2. The lowest BCUT2D eigenvalue weighted by atomic mass is 10.3. The zero-order chi connectivity index (χ0) is 13.0. The van der Waals surface area contributed by atoms with Crippen molar-refractivity contribution in [1.29, 1.82) is 0 Å². The summed E-state index contributed by atoms with van der Waals surface area (Å²) in [4.78, 5) is 16.8. The van der Waals surface area contributed by atoms with Crippen LogP contribution in [0.25, 0.3) is 0 Å². The Bertz CT molecular complexity index is 554. The van der Waals surface area contributed by atoms with Gasteiger partial charge in [-0.2, -0.15) is 0 Å². The number of nitrogens with two attached hydrogens (primary N) is 1. The van der Waals surface area contributed by atoms with Crippen LogP contribution in [-0.2, 0) is 6.54 Å². The molecular weight excluding hydrogens is 248 g/mol. The van der Waals surface area contributed by atoms with E-state index in [9.17, 15) is 0 Å². The van der Waals surface area contributed by atoms with E-state index >= 15 is 0 Å². The van der Waals surface area contributed by atoms with Crippen molar-refractivity contribution in [3.63, 3.8) is 0 Å². The summed E-state index contributed by atoms with van der Waals surface area (Å²) in [5.41, 5.74) is 7.73. The molecule has 0 aromatic carbocycles. The zero-order valence-electron chi connectivity index (χ0n) is 9.79. The average Bonchev–Trinajstić information content (AvgIpc) is 2.38. The van der Waals surface area contributed by atoms with Crippen molar-refractivity contribution in [1.82, 2.24) is 19.9 Å². The van der Waals surface area contributed by atoms with Crippen LogP contribution in [0.3, 0.4) is 0 Å². The summed E-state index contributed by atoms with van der Waals surface area (Å²) in [6, 6.07) is 0. The third kappa shape index (κ3) is 2.95. The van der Waals surface area contributed by atoms with Gasteiger partial charge in [-0.15, -0.1) is 0 Å². The van der Waals surface area contributed by atoms with Gasteiger partial charge in [0.15, 0.2) is 5.82 Å². The van der Waals surface area contributed by atoms with Gasteiger partial charge in [-0.3, -0.25) is 9.97 Å². The van der Waals surface area contributed by atoms with Crippen molar-refractivity contribution in [3.8, 4) is 0 Å². The minimum atomic E-state index is 0.209. The number of hydrogen-bond acceptors (Lipinski definition) is 6. The van der Waals surface area contributed by atoms with Crippen LogP contribution in [0.1, 0.15) is 17.1 Å². The quantitative estimate of drug-likeness (QED) is 0.786. The number of aryl methyl sites for hydroxylation is 1. The van der Waals surface area contributed by atoms with Crippen molar-refractivity contribution < 1.29 is 0 Å². The Morgan fingerprint density at radius 1 is 1.22 bits per heavy atom. The molecule has 0 aliphatic heterocycles. The highest BCUT2D eigenvalue weighted by molar-refractivity contribution is 7.80.